The van der Waals surface area contributed by atoms with E-state index in [-0.39, 0.29) is 16.9 Å². The second-order valence-electron chi connectivity index (χ2n) is 5.08. The number of nitrogens with zero attached hydrogens (tertiary/aromatic N) is 1. The van der Waals surface area contributed by atoms with Crippen LogP contribution in [-0.2, 0) is 19.6 Å². The molecule has 0 aromatic heterocycles. The van der Waals surface area contributed by atoms with Crippen molar-refractivity contribution in [3.05, 3.63) is 35.9 Å². The van der Waals surface area contributed by atoms with E-state index in [9.17, 15) is 13.2 Å². The van der Waals surface area contributed by atoms with Crippen molar-refractivity contribution in [2.24, 2.45) is 0 Å². The van der Waals surface area contributed by atoms with Gasteiger partial charge in [0.2, 0.25) is 15.9 Å². The first-order valence-corrected chi connectivity index (χ1v) is 8.53. The monoisotopic (exact) mass is 324 g/mol. The lowest BCUT2D eigenvalue weighted by molar-refractivity contribution is -0.132. The number of amides is 1. The molecular weight excluding hydrogens is 304 g/mol. The van der Waals surface area contributed by atoms with Gasteiger partial charge in [-0.15, -0.1) is 0 Å². The van der Waals surface area contributed by atoms with Crippen molar-refractivity contribution in [3.8, 4) is 0 Å². The molecule has 0 bridgehead atoms. The Morgan fingerprint density at radius 1 is 1.36 bits per heavy atom. The first-order chi connectivity index (χ1) is 10.4. The highest BCUT2D eigenvalue weighted by atomic mass is 32.2. The third-order valence-electron chi connectivity index (χ3n) is 3.43. The molecule has 22 heavy (non-hydrogen) atoms. The molecule has 0 radical (unpaired) electrons. The Morgan fingerprint density at radius 2 is 2.05 bits per heavy atom. The van der Waals surface area contributed by atoms with Crippen molar-refractivity contribution in [1.29, 1.82) is 0 Å². The summed E-state index contributed by atoms with van der Waals surface area (Å²) in [6.07, 6.45) is 3.23. The van der Waals surface area contributed by atoms with Gasteiger partial charge < -0.3 is 9.64 Å². The van der Waals surface area contributed by atoms with Crippen LogP contribution in [0.15, 0.2) is 35.2 Å². The molecule has 0 saturated carbocycles. The summed E-state index contributed by atoms with van der Waals surface area (Å²) in [5.41, 5.74) is 0.768. The Balaban J connectivity index is 2.02. The largest absolute Gasteiger partial charge is 0.375 e. The molecule has 2 rings (SSSR count). The zero-order valence-electron chi connectivity index (χ0n) is 12.7. The molecular formula is C15H20N2O4S. The van der Waals surface area contributed by atoms with Crippen LogP contribution in [0.4, 0.5) is 0 Å². The molecule has 0 spiro atoms. The van der Waals surface area contributed by atoms with Gasteiger partial charge in [0, 0.05) is 19.2 Å². The number of carbonyl (C=O) groups excluding carboxylic acids is 1. The molecule has 120 valence electrons. The van der Waals surface area contributed by atoms with E-state index < -0.39 is 10.0 Å². The fraction of sp³-hybridized carbons (Fsp3) is 0.400. The lowest BCUT2D eigenvalue weighted by atomic mass is 10.2. The topological polar surface area (TPSA) is 75.7 Å². The van der Waals surface area contributed by atoms with Crippen molar-refractivity contribution in [2.75, 3.05) is 26.7 Å². The van der Waals surface area contributed by atoms with E-state index in [1.54, 1.807) is 23.1 Å². The standard InChI is InChI=1S/C15H20N2O4S/c1-12-11-17(9-10-21-12)15(18)8-5-13-3-6-14(7-4-13)22(19,20)16-2/h3-8,12,16H,9-11H2,1-2H3. The van der Waals surface area contributed by atoms with Gasteiger partial charge in [-0.1, -0.05) is 12.1 Å². The molecule has 1 fully saturated rings. The summed E-state index contributed by atoms with van der Waals surface area (Å²) in [6.45, 7) is 3.66. The summed E-state index contributed by atoms with van der Waals surface area (Å²) < 4.78 is 30.9. The van der Waals surface area contributed by atoms with Gasteiger partial charge in [-0.3, -0.25) is 4.79 Å². The first kappa shape index (κ1) is 16.7. The van der Waals surface area contributed by atoms with Gasteiger partial charge >= 0.3 is 0 Å². The van der Waals surface area contributed by atoms with Crippen LogP contribution in [0.1, 0.15) is 12.5 Å². The van der Waals surface area contributed by atoms with E-state index in [1.807, 2.05) is 6.92 Å². The molecule has 1 aliphatic rings. The number of ether oxygens (including phenoxy) is 1. The summed E-state index contributed by atoms with van der Waals surface area (Å²) >= 11 is 0. The van der Waals surface area contributed by atoms with Crippen molar-refractivity contribution in [2.45, 2.75) is 17.9 Å². The molecule has 1 aromatic rings. The average Bonchev–Trinajstić information content (AvgIpc) is 2.53. The molecule has 6 nitrogen and oxygen atoms in total. The van der Waals surface area contributed by atoms with E-state index in [0.717, 1.165) is 5.56 Å². The molecule has 0 aliphatic carbocycles. The third-order valence-corrected chi connectivity index (χ3v) is 4.86. The zero-order valence-corrected chi connectivity index (χ0v) is 13.5. The van der Waals surface area contributed by atoms with E-state index in [2.05, 4.69) is 4.72 Å². The second-order valence-corrected chi connectivity index (χ2v) is 6.96. The fourth-order valence-electron chi connectivity index (χ4n) is 2.17. The van der Waals surface area contributed by atoms with Crippen LogP contribution < -0.4 is 4.72 Å². The number of benzene rings is 1. The number of hydrogen-bond acceptors (Lipinski definition) is 4. The summed E-state index contributed by atoms with van der Waals surface area (Å²) in [6, 6.07) is 6.34. The summed E-state index contributed by atoms with van der Waals surface area (Å²) in [7, 11) is -2.07. The smallest absolute Gasteiger partial charge is 0.246 e. The molecule has 1 N–H and O–H groups in total. The summed E-state index contributed by atoms with van der Waals surface area (Å²) in [4.78, 5) is 14.0. The van der Waals surface area contributed by atoms with Gasteiger partial charge in [0.05, 0.1) is 17.6 Å². The second kappa shape index (κ2) is 7.04. The first-order valence-electron chi connectivity index (χ1n) is 7.04. The minimum Gasteiger partial charge on any atom is -0.375 e. The molecule has 7 heteroatoms. The molecule has 1 unspecified atom stereocenters. The highest BCUT2D eigenvalue weighted by Gasteiger charge is 2.19. The van der Waals surface area contributed by atoms with Crippen LogP contribution in [-0.4, -0.2) is 52.1 Å². The van der Waals surface area contributed by atoms with Crippen LogP contribution in [0.2, 0.25) is 0 Å². The number of hydrogen-bond donors (Lipinski definition) is 1. The van der Waals surface area contributed by atoms with Crippen LogP contribution in [0, 0.1) is 0 Å². The van der Waals surface area contributed by atoms with Gasteiger partial charge in [0.1, 0.15) is 0 Å². The van der Waals surface area contributed by atoms with Crippen molar-refractivity contribution in [1.82, 2.24) is 9.62 Å². The number of sulfonamides is 1. The number of morpholine rings is 1. The molecule has 1 atom stereocenters. The molecule has 1 saturated heterocycles. The SMILES string of the molecule is CNS(=O)(=O)c1ccc(C=CC(=O)N2CCOC(C)C2)cc1. The number of rotatable bonds is 4. The van der Waals surface area contributed by atoms with Crippen molar-refractivity contribution >= 4 is 22.0 Å². The van der Waals surface area contributed by atoms with Crippen molar-refractivity contribution in [3.63, 3.8) is 0 Å². The van der Waals surface area contributed by atoms with Crippen molar-refractivity contribution < 1.29 is 17.9 Å². The maximum absolute atomic E-state index is 12.1. The quantitative estimate of drug-likeness (QED) is 0.833. The van der Waals surface area contributed by atoms with Crippen LogP contribution >= 0.6 is 0 Å². The fourth-order valence-corrected chi connectivity index (χ4v) is 2.90. The predicted octanol–water partition coefficient (Wildman–Crippen LogP) is 0.855. The predicted molar refractivity (Wildman–Crippen MR) is 83.7 cm³/mol. The van der Waals surface area contributed by atoms with Crippen LogP contribution in [0.5, 0.6) is 0 Å². The Morgan fingerprint density at radius 3 is 2.64 bits per heavy atom. The van der Waals surface area contributed by atoms with Gasteiger partial charge in [0.25, 0.3) is 0 Å². The van der Waals surface area contributed by atoms with Crippen LogP contribution in [0.3, 0.4) is 0 Å². The average molecular weight is 324 g/mol. The maximum Gasteiger partial charge on any atom is 0.246 e. The highest BCUT2D eigenvalue weighted by Crippen LogP contribution is 2.12. The zero-order chi connectivity index (χ0) is 16.2. The molecule has 1 heterocycles. The Labute approximate surface area is 130 Å². The van der Waals surface area contributed by atoms with Gasteiger partial charge in [-0.05, 0) is 37.7 Å². The van der Waals surface area contributed by atoms with Crippen LogP contribution in [0.25, 0.3) is 6.08 Å². The molecule has 1 amide bonds. The Bertz CT molecular complexity index is 653. The maximum atomic E-state index is 12.1. The minimum absolute atomic E-state index is 0.0529. The summed E-state index contributed by atoms with van der Waals surface area (Å²) in [5.74, 6) is -0.0675. The number of carbonyl (C=O) groups is 1. The summed E-state index contributed by atoms with van der Waals surface area (Å²) in [5, 5.41) is 0. The Hall–Kier alpha value is -1.70. The van der Waals surface area contributed by atoms with E-state index in [0.29, 0.717) is 19.7 Å². The highest BCUT2D eigenvalue weighted by molar-refractivity contribution is 7.89. The van der Waals surface area contributed by atoms with Gasteiger partial charge in [0.15, 0.2) is 0 Å². The molecule has 1 aliphatic heterocycles. The van der Waals surface area contributed by atoms with E-state index in [1.165, 1.54) is 25.3 Å². The van der Waals surface area contributed by atoms with Gasteiger partial charge in [-0.25, -0.2) is 13.1 Å². The Kier molecular flexibility index (Phi) is 5.33. The van der Waals surface area contributed by atoms with E-state index >= 15 is 0 Å². The lowest BCUT2D eigenvalue weighted by Gasteiger charge is -2.30. The third kappa shape index (κ3) is 4.16. The normalized spacial score (nSPS) is 19.5. The molecule has 1 aromatic carbocycles. The van der Waals surface area contributed by atoms with E-state index in [4.69, 9.17) is 4.74 Å². The lowest BCUT2D eigenvalue weighted by Crippen LogP contribution is -2.43. The number of nitrogens with one attached hydrogen (secondary N) is 1. The van der Waals surface area contributed by atoms with Gasteiger partial charge in [-0.2, -0.15) is 0 Å². The minimum atomic E-state index is -3.43.